The van der Waals surface area contributed by atoms with Crippen molar-refractivity contribution < 1.29 is 14.0 Å². The molecule has 0 spiro atoms. The first-order chi connectivity index (χ1) is 6.18. The van der Waals surface area contributed by atoms with E-state index in [0.29, 0.717) is 5.69 Å². The molecule has 1 N–H and O–H groups in total. The number of hydroxylamine groups is 1. The van der Waals surface area contributed by atoms with Crippen LogP contribution in [-0.2, 0) is 16.2 Å². The Morgan fingerprint density at radius 1 is 1.69 bits per heavy atom. The van der Waals surface area contributed by atoms with Crippen LogP contribution in [0.3, 0.4) is 0 Å². The normalized spacial score (nSPS) is 9.69. The highest BCUT2D eigenvalue weighted by atomic mass is 19.1. The van der Waals surface area contributed by atoms with Crippen LogP contribution in [0.15, 0.2) is 18.3 Å². The van der Waals surface area contributed by atoms with Crippen molar-refractivity contribution in [1.29, 1.82) is 0 Å². The van der Waals surface area contributed by atoms with Crippen LogP contribution >= 0.6 is 0 Å². The van der Waals surface area contributed by atoms with Gasteiger partial charge in [0.2, 0.25) is 5.91 Å². The monoisotopic (exact) mass is 184 g/mol. The Morgan fingerprint density at radius 2 is 2.46 bits per heavy atom. The number of carbonyl (C=O) groups excluding carboxylic acids is 1. The second-order valence-electron chi connectivity index (χ2n) is 2.41. The summed E-state index contributed by atoms with van der Waals surface area (Å²) in [6.07, 6.45) is 1.09. The van der Waals surface area contributed by atoms with Crippen molar-refractivity contribution in [2.75, 3.05) is 0 Å². The molecule has 0 saturated heterocycles. The van der Waals surface area contributed by atoms with E-state index >= 15 is 0 Å². The summed E-state index contributed by atoms with van der Waals surface area (Å²) in [4.78, 5) is 18.8. The Hall–Kier alpha value is -1.49. The Labute approximate surface area is 74.7 Å². The first-order valence-corrected chi connectivity index (χ1v) is 3.67. The molecule has 1 rings (SSSR count). The molecule has 1 aromatic heterocycles. The Morgan fingerprint density at radius 3 is 3.00 bits per heavy atom. The van der Waals surface area contributed by atoms with Gasteiger partial charge in [-0.15, -0.1) is 0 Å². The van der Waals surface area contributed by atoms with Gasteiger partial charge in [-0.2, -0.15) is 0 Å². The molecule has 4 nitrogen and oxygen atoms in total. The third kappa shape index (κ3) is 3.62. The van der Waals surface area contributed by atoms with Crippen molar-refractivity contribution >= 4 is 5.91 Å². The van der Waals surface area contributed by atoms with Gasteiger partial charge in [-0.1, -0.05) is 0 Å². The maximum Gasteiger partial charge on any atom is 0.240 e. The number of aromatic nitrogens is 1. The molecule has 0 radical (unpaired) electrons. The SMILES string of the molecule is CC(=O)NOCc1ccc(F)cn1. The maximum atomic E-state index is 12.4. The first kappa shape index (κ1) is 9.60. The maximum absolute atomic E-state index is 12.4. The number of nitrogens with one attached hydrogen (secondary N) is 1. The molecule has 0 bridgehead atoms. The number of carbonyl (C=O) groups is 1. The molecule has 0 saturated carbocycles. The van der Waals surface area contributed by atoms with Gasteiger partial charge in [0.05, 0.1) is 11.9 Å². The van der Waals surface area contributed by atoms with Gasteiger partial charge < -0.3 is 0 Å². The predicted octanol–water partition coefficient (Wildman–Crippen LogP) is 0.788. The molecular weight excluding hydrogens is 175 g/mol. The highest BCUT2D eigenvalue weighted by Gasteiger charge is 1.96. The van der Waals surface area contributed by atoms with E-state index < -0.39 is 5.82 Å². The van der Waals surface area contributed by atoms with Gasteiger partial charge in [-0.25, -0.2) is 9.87 Å². The molecule has 0 aliphatic carbocycles. The molecule has 1 heterocycles. The number of pyridine rings is 1. The van der Waals surface area contributed by atoms with Crippen LogP contribution in [0, 0.1) is 5.82 Å². The predicted molar refractivity (Wildman–Crippen MR) is 42.8 cm³/mol. The fourth-order valence-electron chi connectivity index (χ4n) is 0.703. The molecular formula is C8H9FN2O2. The average molecular weight is 184 g/mol. The molecule has 1 aromatic rings. The lowest BCUT2D eigenvalue weighted by atomic mass is 10.4. The van der Waals surface area contributed by atoms with Crippen LogP contribution in [0.5, 0.6) is 0 Å². The summed E-state index contributed by atoms with van der Waals surface area (Å²) < 4.78 is 12.4. The number of amides is 1. The standard InChI is InChI=1S/C8H9FN2O2/c1-6(12)11-13-5-8-3-2-7(9)4-10-8/h2-4H,5H2,1H3,(H,11,12). The summed E-state index contributed by atoms with van der Waals surface area (Å²) >= 11 is 0. The van der Waals surface area contributed by atoms with E-state index in [1.807, 2.05) is 0 Å². The Kier molecular flexibility index (Phi) is 3.33. The molecule has 70 valence electrons. The summed E-state index contributed by atoms with van der Waals surface area (Å²) in [5.41, 5.74) is 2.69. The van der Waals surface area contributed by atoms with Crippen LogP contribution < -0.4 is 5.48 Å². The van der Waals surface area contributed by atoms with Gasteiger partial charge in [0, 0.05) is 6.92 Å². The first-order valence-electron chi connectivity index (χ1n) is 3.67. The van der Waals surface area contributed by atoms with E-state index in [9.17, 15) is 9.18 Å². The van der Waals surface area contributed by atoms with Gasteiger partial charge >= 0.3 is 0 Å². The van der Waals surface area contributed by atoms with Crippen molar-refractivity contribution in [1.82, 2.24) is 10.5 Å². The molecule has 0 aromatic carbocycles. The van der Waals surface area contributed by atoms with Crippen LogP contribution in [-0.4, -0.2) is 10.9 Å². The lowest BCUT2D eigenvalue weighted by Gasteiger charge is -2.01. The Bertz CT molecular complexity index is 287. The molecule has 0 aliphatic rings. The number of rotatable bonds is 3. The van der Waals surface area contributed by atoms with Crippen molar-refractivity contribution in [2.24, 2.45) is 0 Å². The Balaban J connectivity index is 2.37. The second kappa shape index (κ2) is 4.51. The van der Waals surface area contributed by atoms with Gasteiger partial charge in [-0.3, -0.25) is 14.6 Å². The minimum absolute atomic E-state index is 0.125. The summed E-state index contributed by atoms with van der Waals surface area (Å²) in [5.74, 6) is -0.689. The molecule has 0 atom stereocenters. The van der Waals surface area contributed by atoms with E-state index in [1.54, 1.807) is 0 Å². The van der Waals surface area contributed by atoms with Gasteiger partial charge in [0.25, 0.3) is 0 Å². The van der Waals surface area contributed by atoms with Crippen LogP contribution in [0.25, 0.3) is 0 Å². The smallest absolute Gasteiger partial charge is 0.240 e. The molecule has 1 amide bonds. The highest BCUT2D eigenvalue weighted by Crippen LogP contribution is 1.98. The lowest BCUT2D eigenvalue weighted by Crippen LogP contribution is -2.20. The van der Waals surface area contributed by atoms with Gasteiger partial charge in [-0.05, 0) is 12.1 Å². The molecule has 5 heteroatoms. The van der Waals surface area contributed by atoms with Gasteiger partial charge in [0.15, 0.2) is 0 Å². The van der Waals surface area contributed by atoms with E-state index in [2.05, 4.69) is 10.5 Å². The van der Waals surface area contributed by atoms with Gasteiger partial charge in [0.1, 0.15) is 12.4 Å². The molecule has 13 heavy (non-hydrogen) atoms. The zero-order valence-corrected chi connectivity index (χ0v) is 7.08. The molecule has 0 fully saturated rings. The van der Waals surface area contributed by atoms with Crippen molar-refractivity contribution in [2.45, 2.75) is 13.5 Å². The van der Waals surface area contributed by atoms with E-state index in [-0.39, 0.29) is 12.5 Å². The number of hydrogen-bond donors (Lipinski definition) is 1. The minimum Gasteiger partial charge on any atom is -0.273 e. The number of halogens is 1. The third-order valence-corrected chi connectivity index (χ3v) is 1.22. The minimum atomic E-state index is -0.400. The summed E-state index contributed by atoms with van der Waals surface area (Å²) in [5, 5.41) is 0. The van der Waals surface area contributed by atoms with Crippen molar-refractivity contribution in [3.63, 3.8) is 0 Å². The summed E-state index contributed by atoms with van der Waals surface area (Å²) in [6, 6.07) is 2.76. The summed E-state index contributed by atoms with van der Waals surface area (Å²) in [6.45, 7) is 1.46. The van der Waals surface area contributed by atoms with E-state index in [1.165, 1.54) is 19.1 Å². The lowest BCUT2D eigenvalue weighted by molar-refractivity contribution is -0.132. The molecule has 0 unspecified atom stereocenters. The third-order valence-electron chi connectivity index (χ3n) is 1.22. The van der Waals surface area contributed by atoms with E-state index in [0.717, 1.165) is 6.20 Å². The van der Waals surface area contributed by atoms with Crippen molar-refractivity contribution in [3.8, 4) is 0 Å². The average Bonchev–Trinajstić information content (AvgIpc) is 2.08. The van der Waals surface area contributed by atoms with Crippen LogP contribution in [0.1, 0.15) is 12.6 Å². The zero-order valence-electron chi connectivity index (χ0n) is 7.08. The fourth-order valence-corrected chi connectivity index (χ4v) is 0.703. The molecule has 0 aliphatic heterocycles. The number of nitrogens with zero attached hydrogens (tertiary/aromatic N) is 1. The zero-order chi connectivity index (χ0) is 9.68. The highest BCUT2D eigenvalue weighted by molar-refractivity contribution is 5.71. The number of hydrogen-bond acceptors (Lipinski definition) is 3. The quantitative estimate of drug-likeness (QED) is 0.706. The van der Waals surface area contributed by atoms with Crippen LogP contribution in [0.4, 0.5) is 4.39 Å². The second-order valence-corrected chi connectivity index (χ2v) is 2.41. The fraction of sp³-hybridized carbons (Fsp3) is 0.250. The largest absolute Gasteiger partial charge is 0.273 e. The summed E-state index contributed by atoms with van der Waals surface area (Å²) in [7, 11) is 0. The van der Waals surface area contributed by atoms with Crippen molar-refractivity contribution in [3.05, 3.63) is 29.8 Å². The van der Waals surface area contributed by atoms with Crippen LogP contribution in [0.2, 0.25) is 0 Å². The topological polar surface area (TPSA) is 51.2 Å². The van der Waals surface area contributed by atoms with E-state index in [4.69, 9.17) is 4.84 Å².